The highest BCUT2D eigenvalue weighted by molar-refractivity contribution is 5.97. The Kier molecular flexibility index (Phi) is 6.59. The van der Waals surface area contributed by atoms with Gasteiger partial charge < -0.3 is 15.3 Å². The number of amides is 2. The highest BCUT2D eigenvalue weighted by Crippen LogP contribution is 2.20. The molecule has 1 saturated heterocycles. The molecule has 5 heteroatoms. The van der Waals surface area contributed by atoms with Crippen LogP contribution in [0.3, 0.4) is 0 Å². The number of aliphatic hydroxyl groups is 1. The second-order valence-corrected chi connectivity index (χ2v) is 6.06. The van der Waals surface area contributed by atoms with Gasteiger partial charge in [0.1, 0.15) is 6.04 Å². The van der Waals surface area contributed by atoms with E-state index in [0.717, 1.165) is 19.3 Å². The van der Waals surface area contributed by atoms with E-state index in [4.69, 9.17) is 0 Å². The van der Waals surface area contributed by atoms with Crippen molar-refractivity contribution in [1.82, 2.24) is 10.2 Å². The van der Waals surface area contributed by atoms with Crippen molar-refractivity contribution in [1.29, 1.82) is 0 Å². The maximum absolute atomic E-state index is 12.7. The first-order valence-corrected chi connectivity index (χ1v) is 8.45. The maximum Gasteiger partial charge on any atom is 0.254 e. The van der Waals surface area contributed by atoms with Crippen molar-refractivity contribution in [3.05, 3.63) is 35.9 Å². The molecule has 2 unspecified atom stereocenters. The lowest BCUT2D eigenvalue weighted by atomic mass is 10.00. The average molecular weight is 318 g/mol. The molecule has 5 nitrogen and oxygen atoms in total. The Morgan fingerprint density at radius 1 is 1.30 bits per heavy atom. The summed E-state index contributed by atoms with van der Waals surface area (Å²) < 4.78 is 0. The Hall–Kier alpha value is -1.88. The molecule has 1 fully saturated rings. The number of rotatable bonds is 6. The van der Waals surface area contributed by atoms with Gasteiger partial charge in [-0.25, -0.2) is 0 Å². The van der Waals surface area contributed by atoms with Crippen LogP contribution in [0.4, 0.5) is 0 Å². The minimum atomic E-state index is -0.522. The summed E-state index contributed by atoms with van der Waals surface area (Å²) >= 11 is 0. The van der Waals surface area contributed by atoms with Crippen molar-refractivity contribution in [3.8, 4) is 0 Å². The van der Waals surface area contributed by atoms with Gasteiger partial charge in [0, 0.05) is 18.7 Å². The summed E-state index contributed by atoms with van der Waals surface area (Å²) in [5.74, 6) is -0.260. The van der Waals surface area contributed by atoms with Gasteiger partial charge in [0.25, 0.3) is 5.91 Å². The molecule has 0 spiro atoms. The fourth-order valence-electron chi connectivity index (χ4n) is 2.97. The fourth-order valence-corrected chi connectivity index (χ4v) is 2.97. The van der Waals surface area contributed by atoms with Crippen LogP contribution in [0.25, 0.3) is 0 Å². The topological polar surface area (TPSA) is 69.6 Å². The normalized spacial score (nSPS) is 19.2. The van der Waals surface area contributed by atoms with Crippen LogP contribution in [0, 0.1) is 0 Å². The molecule has 0 radical (unpaired) electrons. The number of likely N-dealkylation sites (tertiary alicyclic amines) is 1. The third kappa shape index (κ3) is 4.79. The Morgan fingerprint density at radius 3 is 2.74 bits per heavy atom. The zero-order valence-corrected chi connectivity index (χ0v) is 13.7. The van der Waals surface area contributed by atoms with Crippen molar-refractivity contribution >= 4 is 11.8 Å². The van der Waals surface area contributed by atoms with Gasteiger partial charge in [0.05, 0.1) is 6.10 Å². The van der Waals surface area contributed by atoms with E-state index in [0.29, 0.717) is 24.9 Å². The van der Waals surface area contributed by atoms with E-state index in [-0.39, 0.29) is 18.4 Å². The van der Waals surface area contributed by atoms with Gasteiger partial charge >= 0.3 is 0 Å². The molecule has 0 saturated carbocycles. The molecule has 1 aromatic carbocycles. The maximum atomic E-state index is 12.7. The van der Waals surface area contributed by atoms with Gasteiger partial charge in [-0.05, 0) is 37.8 Å². The van der Waals surface area contributed by atoms with Crippen molar-refractivity contribution in [2.75, 3.05) is 13.1 Å². The third-order valence-electron chi connectivity index (χ3n) is 4.22. The Morgan fingerprint density at radius 2 is 2.04 bits per heavy atom. The molecule has 23 heavy (non-hydrogen) atoms. The standard InChI is InChI=1S/C18H26N2O3/c1-2-8-15(21)13-19-17(22)16-11-6-7-12-20(16)18(23)14-9-4-3-5-10-14/h3-5,9-10,15-16,21H,2,6-8,11-13H2,1H3,(H,19,22). The van der Waals surface area contributed by atoms with Crippen LogP contribution in [0.5, 0.6) is 0 Å². The molecule has 1 aliphatic rings. The molecule has 2 atom stereocenters. The molecule has 2 rings (SSSR count). The lowest BCUT2D eigenvalue weighted by Gasteiger charge is -2.35. The average Bonchev–Trinajstić information content (AvgIpc) is 2.60. The first-order valence-electron chi connectivity index (χ1n) is 8.45. The van der Waals surface area contributed by atoms with E-state index in [1.165, 1.54) is 0 Å². The third-order valence-corrected chi connectivity index (χ3v) is 4.22. The minimum Gasteiger partial charge on any atom is -0.391 e. The van der Waals surface area contributed by atoms with Crippen LogP contribution in [0.15, 0.2) is 30.3 Å². The summed E-state index contributed by atoms with van der Waals surface area (Å²) in [6.07, 6.45) is 3.55. The lowest BCUT2D eigenvalue weighted by Crippen LogP contribution is -2.52. The molecule has 126 valence electrons. The van der Waals surface area contributed by atoms with Gasteiger partial charge in [-0.3, -0.25) is 9.59 Å². The first kappa shape index (κ1) is 17.5. The predicted octanol–water partition coefficient (Wildman–Crippen LogP) is 1.96. The summed E-state index contributed by atoms with van der Waals surface area (Å²) in [6.45, 7) is 2.84. The summed E-state index contributed by atoms with van der Waals surface area (Å²) in [4.78, 5) is 26.8. The number of hydrogen-bond acceptors (Lipinski definition) is 3. The van der Waals surface area contributed by atoms with Crippen LogP contribution < -0.4 is 5.32 Å². The smallest absolute Gasteiger partial charge is 0.254 e. The predicted molar refractivity (Wildman–Crippen MR) is 89.0 cm³/mol. The molecular weight excluding hydrogens is 292 g/mol. The number of nitrogens with one attached hydrogen (secondary N) is 1. The second-order valence-electron chi connectivity index (χ2n) is 6.06. The van der Waals surface area contributed by atoms with Crippen LogP contribution in [0.1, 0.15) is 49.4 Å². The minimum absolute atomic E-state index is 0.0976. The van der Waals surface area contributed by atoms with Gasteiger partial charge in [0.15, 0.2) is 0 Å². The number of benzene rings is 1. The number of carbonyl (C=O) groups excluding carboxylic acids is 2. The van der Waals surface area contributed by atoms with Gasteiger partial charge in [0.2, 0.25) is 5.91 Å². The molecule has 0 bridgehead atoms. The monoisotopic (exact) mass is 318 g/mol. The Balaban J connectivity index is 2.00. The zero-order chi connectivity index (χ0) is 16.7. The fraction of sp³-hybridized carbons (Fsp3) is 0.556. The van der Waals surface area contributed by atoms with Crippen LogP contribution in [0.2, 0.25) is 0 Å². The van der Waals surface area contributed by atoms with Crippen LogP contribution >= 0.6 is 0 Å². The quantitative estimate of drug-likeness (QED) is 0.842. The summed E-state index contributed by atoms with van der Waals surface area (Å²) in [5.41, 5.74) is 0.609. The Labute approximate surface area is 137 Å². The first-order chi connectivity index (χ1) is 11.1. The second kappa shape index (κ2) is 8.67. The van der Waals surface area contributed by atoms with Crippen LogP contribution in [-0.4, -0.2) is 47.1 Å². The number of piperidine rings is 1. The lowest BCUT2D eigenvalue weighted by molar-refractivity contribution is -0.127. The molecule has 1 heterocycles. The van der Waals surface area contributed by atoms with E-state index in [2.05, 4.69) is 5.32 Å². The van der Waals surface area contributed by atoms with E-state index in [9.17, 15) is 14.7 Å². The van der Waals surface area contributed by atoms with E-state index < -0.39 is 12.1 Å². The number of aliphatic hydroxyl groups excluding tert-OH is 1. The van der Waals surface area contributed by atoms with Gasteiger partial charge in [-0.1, -0.05) is 31.5 Å². The highest BCUT2D eigenvalue weighted by Gasteiger charge is 2.32. The highest BCUT2D eigenvalue weighted by atomic mass is 16.3. The van der Waals surface area contributed by atoms with Gasteiger partial charge in [-0.15, -0.1) is 0 Å². The number of nitrogens with zero attached hydrogens (tertiary/aromatic N) is 1. The summed E-state index contributed by atoms with van der Waals surface area (Å²) in [7, 11) is 0. The van der Waals surface area contributed by atoms with Crippen LogP contribution in [-0.2, 0) is 4.79 Å². The van der Waals surface area contributed by atoms with Crippen molar-refractivity contribution in [2.24, 2.45) is 0 Å². The molecule has 2 N–H and O–H groups in total. The molecule has 2 amide bonds. The number of carbonyl (C=O) groups is 2. The summed E-state index contributed by atoms with van der Waals surface area (Å²) in [6, 6.07) is 8.63. The largest absolute Gasteiger partial charge is 0.391 e. The zero-order valence-electron chi connectivity index (χ0n) is 13.7. The Bertz CT molecular complexity index is 518. The van der Waals surface area contributed by atoms with Crippen molar-refractivity contribution in [2.45, 2.75) is 51.2 Å². The van der Waals surface area contributed by atoms with E-state index in [1.54, 1.807) is 17.0 Å². The molecule has 0 aliphatic carbocycles. The van der Waals surface area contributed by atoms with Crippen molar-refractivity contribution in [3.63, 3.8) is 0 Å². The SMILES string of the molecule is CCCC(O)CNC(=O)C1CCCCN1C(=O)c1ccccc1. The van der Waals surface area contributed by atoms with E-state index in [1.807, 2.05) is 25.1 Å². The van der Waals surface area contributed by atoms with Crippen molar-refractivity contribution < 1.29 is 14.7 Å². The van der Waals surface area contributed by atoms with E-state index >= 15 is 0 Å². The summed E-state index contributed by atoms with van der Waals surface area (Å²) in [5, 5.41) is 12.5. The van der Waals surface area contributed by atoms with Gasteiger partial charge in [-0.2, -0.15) is 0 Å². The molecular formula is C18H26N2O3. The molecule has 0 aromatic heterocycles. The number of hydrogen-bond donors (Lipinski definition) is 2. The molecule has 1 aromatic rings. The molecule has 1 aliphatic heterocycles.